The Kier molecular flexibility index (Phi) is 9.92. The molecule has 1 saturated carbocycles. The molecule has 3 aromatic rings. The first kappa shape index (κ1) is 31.4. The van der Waals surface area contributed by atoms with E-state index in [0.29, 0.717) is 53.2 Å². The van der Waals surface area contributed by atoms with E-state index in [1.807, 2.05) is 13.8 Å². The Labute approximate surface area is 251 Å². The lowest BCUT2D eigenvalue weighted by atomic mass is 9.61. The van der Waals surface area contributed by atoms with Gasteiger partial charge in [-0.1, -0.05) is 30.3 Å². The summed E-state index contributed by atoms with van der Waals surface area (Å²) < 4.78 is 22.3. The number of hydrogen-bond donors (Lipinski definition) is 3. The van der Waals surface area contributed by atoms with Crippen molar-refractivity contribution in [3.8, 4) is 23.0 Å². The number of rotatable bonds is 11. The first-order valence-electron chi connectivity index (χ1n) is 14.2. The molecule has 10 nitrogen and oxygen atoms in total. The van der Waals surface area contributed by atoms with Crippen LogP contribution in [0.2, 0.25) is 0 Å². The smallest absolute Gasteiger partial charge is 0.235 e. The second-order valence-corrected chi connectivity index (χ2v) is 10.4. The van der Waals surface area contributed by atoms with Gasteiger partial charge in [0.1, 0.15) is 23.2 Å². The van der Waals surface area contributed by atoms with Gasteiger partial charge in [-0.3, -0.25) is 14.4 Å². The second kappa shape index (κ2) is 13.6. The van der Waals surface area contributed by atoms with Gasteiger partial charge in [-0.2, -0.15) is 0 Å². The van der Waals surface area contributed by atoms with E-state index >= 15 is 0 Å². The van der Waals surface area contributed by atoms with Crippen LogP contribution in [0.5, 0.6) is 23.0 Å². The standard InChI is InChI=1S/C33H38N2O8/c1-6-42-26-17-16-20(18-27(26)43-7-2)28-29(31(37)34-21-12-8-10-14-24(21)40-4)23(36)19-33(3,39)30(28)32(38)35-22-13-9-11-15-25(22)41-5/h8-18,28-30,39H,6-7,19H2,1-5H3,(H,34,37)(H,35,38). The van der Waals surface area contributed by atoms with Gasteiger partial charge in [-0.15, -0.1) is 0 Å². The van der Waals surface area contributed by atoms with Gasteiger partial charge in [0.05, 0.1) is 50.3 Å². The molecule has 1 aliphatic carbocycles. The Bertz CT molecular complexity index is 1470. The fraction of sp³-hybridized carbons (Fsp3) is 0.364. The minimum absolute atomic E-state index is 0.334. The number of carbonyl (C=O) groups is 3. The number of Topliss-reactive ketones (excluding diaryl/α,β-unsaturated/α-hetero) is 1. The van der Waals surface area contributed by atoms with Gasteiger partial charge < -0.3 is 34.7 Å². The maximum Gasteiger partial charge on any atom is 0.235 e. The van der Waals surface area contributed by atoms with Gasteiger partial charge in [-0.05, 0) is 62.7 Å². The molecule has 3 aromatic carbocycles. The lowest BCUT2D eigenvalue weighted by Crippen LogP contribution is -2.56. The monoisotopic (exact) mass is 590 g/mol. The van der Waals surface area contributed by atoms with Crippen molar-refractivity contribution in [1.29, 1.82) is 0 Å². The molecule has 0 aliphatic heterocycles. The third-order valence-corrected chi connectivity index (χ3v) is 7.51. The molecule has 0 saturated heterocycles. The van der Waals surface area contributed by atoms with Crippen LogP contribution in [0.1, 0.15) is 38.7 Å². The molecule has 0 radical (unpaired) electrons. The normalized spacial score (nSPS) is 21.4. The lowest BCUT2D eigenvalue weighted by Gasteiger charge is -2.44. The van der Waals surface area contributed by atoms with Crippen molar-refractivity contribution in [2.45, 2.75) is 38.7 Å². The molecule has 2 amide bonds. The molecule has 0 heterocycles. The summed E-state index contributed by atoms with van der Waals surface area (Å²) in [7, 11) is 2.96. The quantitative estimate of drug-likeness (QED) is 0.271. The van der Waals surface area contributed by atoms with Crippen molar-refractivity contribution in [2.24, 2.45) is 11.8 Å². The maximum absolute atomic E-state index is 14.1. The van der Waals surface area contributed by atoms with Crippen LogP contribution in [0.4, 0.5) is 11.4 Å². The summed E-state index contributed by atoms with van der Waals surface area (Å²) in [6, 6.07) is 18.7. The van der Waals surface area contributed by atoms with Crippen molar-refractivity contribution in [2.75, 3.05) is 38.1 Å². The number of benzene rings is 3. The summed E-state index contributed by atoms with van der Waals surface area (Å²) >= 11 is 0. The zero-order valence-corrected chi connectivity index (χ0v) is 25.0. The first-order chi connectivity index (χ1) is 20.6. The van der Waals surface area contributed by atoms with Crippen LogP contribution in [-0.4, -0.2) is 55.7 Å². The maximum atomic E-state index is 14.1. The topological polar surface area (TPSA) is 132 Å². The van der Waals surface area contributed by atoms with E-state index in [-0.39, 0.29) is 0 Å². The molecule has 0 spiro atoms. The number of aliphatic hydroxyl groups is 1. The minimum atomic E-state index is -1.79. The molecular weight excluding hydrogens is 552 g/mol. The Morgan fingerprint density at radius 3 is 1.91 bits per heavy atom. The summed E-state index contributed by atoms with van der Waals surface area (Å²) in [6.45, 7) is 5.84. The molecule has 4 unspecified atom stereocenters. The molecular formula is C33H38N2O8. The van der Waals surface area contributed by atoms with Crippen LogP contribution in [-0.2, 0) is 14.4 Å². The van der Waals surface area contributed by atoms with Crippen molar-refractivity contribution in [3.63, 3.8) is 0 Å². The predicted molar refractivity (Wildman–Crippen MR) is 162 cm³/mol. The van der Waals surface area contributed by atoms with Crippen LogP contribution in [0.25, 0.3) is 0 Å². The van der Waals surface area contributed by atoms with E-state index < -0.39 is 47.4 Å². The zero-order valence-electron chi connectivity index (χ0n) is 25.0. The highest BCUT2D eigenvalue weighted by Crippen LogP contribution is 2.48. The molecule has 10 heteroatoms. The zero-order chi connectivity index (χ0) is 31.1. The van der Waals surface area contributed by atoms with Crippen LogP contribution < -0.4 is 29.6 Å². The first-order valence-corrected chi connectivity index (χ1v) is 14.2. The average molecular weight is 591 g/mol. The molecule has 0 bridgehead atoms. The molecule has 0 aromatic heterocycles. The second-order valence-electron chi connectivity index (χ2n) is 10.4. The van der Waals surface area contributed by atoms with Crippen LogP contribution >= 0.6 is 0 Å². The number of methoxy groups -OCH3 is 2. The third-order valence-electron chi connectivity index (χ3n) is 7.51. The number of nitrogens with one attached hydrogen (secondary N) is 2. The van der Waals surface area contributed by atoms with E-state index in [1.165, 1.54) is 21.1 Å². The Hall–Kier alpha value is -4.57. The van der Waals surface area contributed by atoms with Gasteiger partial charge >= 0.3 is 0 Å². The van der Waals surface area contributed by atoms with Crippen molar-refractivity contribution >= 4 is 29.0 Å². The summed E-state index contributed by atoms with van der Waals surface area (Å²) in [5.74, 6) is -3.63. The number of ketones is 1. The van der Waals surface area contributed by atoms with E-state index in [1.54, 1.807) is 66.7 Å². The molecule has 4 atom stereocenters. The predicted octanol–water partition coefficient (Wildman–Crippen LogP) is 4.82. The number of anilines is 2. The molecule has 3 N–H and O–H groups in total. The third kappa shape index (κ3) is 6.75. The average Bonchev–Trinajstić information content (AvgIpc) is 2.97. The van der Waals surface area contributed by atoms with Crippen molar-refractivity contribution in [3.05, 3.63) is 72.3 Å². The fourth-order valence-corrected chi connectivity index (χ4v) is 5.68. The highest BCUT2D eigenvalue weighted by atomic mass is 16.5. The van der Waals surface area contributed by atoms with E-state index in [9.17, 15) is 19.5 Å². The van der Waals surface area contributed by atoms with E-state index in [2.05, 4.69) is 10.6 Å². The lowest BCUT2D eigenvalue weighted by molar-refractivity contribution is -0.150. The summed E-state index contributed by atoms with van der Waals surface area (Å²) in [6.07, 6.45) is -0.410. The summed E-state index contributed by atoms with van der Waals surface area (Å²) in [5, 5.41) is 17.3. The molecule has 228 valence electrons. The number of para-hydroxylation sites is 4. The molecule has 43 heavy (non-hydrogen) atoms. The number of ether oxygens (including phenoxy) is 4. The van der Waals surface area contributed by atoms with Gasteiger partial charge in [0.25, 0.3) is 0 Å². The number of hydrogen-bond acceptors (Lipinski definition) is 8. The van der Waals surface area contributed by atoms with Gasteiger partial charge in [0.2, 0.25) is 11.8 Å². The highest BCUT2D eigenvalue weighted by molar-refractivity contribution is 6.11. The van der Waals surface area contributed by atoms with Crippen LogP contribution in [0, 0.1) is 11.8 Å². The van der Waals surface area contributed by atoms with E-state index in [0.717, 1.165) is 0 Å². The molecule has 1 fully saturated rings. The van der Waals surface area contributed by atoms with Gasteiger partial charge in [0, 0.05) is 12.3 Å². The molecule has 1 aliphatic rings. The van der Waals surface area contributed by atoms with Crippen molar-refractivity contribution in [1.82, 2.24) is 0 Å². The van der Waals surface area contributed by atoms with Crippen molar-refractivity contribution < 1.29 is 38.4 Å². The van der Waals surface area contributed by atoms with Crippen LogP contribution in [0.3, 0.4) is 0 Å². The summed E-state index contributed by atoms with van der Waals surface area (Å²) in [5.41, 5.74) is -0.575. The largest absolute Gasteiger partial charge is 0.495 e. The minimum Gasteiger partial charge on any atom is -0.495 e. The fourth-order valence-electron chi connectivity index (χ4n) is 5.68. The van der Waals surface area contributed by atoms with Gasteiger partial charge in [0.15, 0.2) is 11.5 Å². The Balaban J connectivity index is 1.85. The van der Waals surface area contributed by atoms with E-state index in [4.69, 9.17) is 18.9 Å². The summed E-state index contributed by atoms with van der Waals surface area (Å²) in [4.78, 5) is 41.8. The Morgan fingerprint density at radius 2 is 1.35 bits per heavy atom. The van der Waals surface area contributed by atoms with Gasteiger partial charge in [-0.25, -0.2) is 0 Å². The Morgan fingerprint density at radius 1 is 0.814 bits per heavy atom. The molecule has 4 rings (SSSR count). The number of amides is 2. The van der Waals surface area contributed by atoms with Crippen LogP contribution in [0.15, 0.2) is 66.7 Å². The highest BCUT2D eigenvalue weighted by Gasteiger charge is 2.56. The number of carbonyl (C=O) groups excluding carboxylic acids is 3. The SMILES string of the molecule is CCOc1ccc(C2C(C(=O)Nc3ccccc3OC)C(=O)CC(C)(O)C2C(=O)Nc2ccccc2OC)cc1OCC.